The zero-order valence-corrected chi connectivity index (χ0v) is 9.22. The van der Waals surface area contributed by atoms with Crippen molar-refractivity contribution in [1.82, 2.24) is 15.0 Å². The van der Waals surface area contributed by atoms with E-state index in [-0.39, 0.29) is 0 Å². The van der Waals surface area contributed by atoms with Crippen LogP contribution in [-0.4, -0.2) is 15.0 Å². The zero-order chi connectivity index (χ0) is 11.5. The monoisotopic (exact) mass is 211 g/mol. The van der Waals surface area contributed by atoms with Crippen LogP contribution in [0.15, 0.2) is 55.1 Å². The summed E-state index contributed by atoms with van der Waals surface area (Å²) in [5, 5.41) is 8.23. The lowest BCUT2D eigenvalue weighted by Crippen LogP contribution is -2.00. The molecule has 0 saturated heterocycles. The predicted octanol–water partition coefficient (Wildman–Crippen LogP) is 3.03. The van der Waals surface area contributed by atoms with Gasteiger partial charge in [-0.25, -0.2) is 4.68 Å². The number of allylic oxidation sites excluding steroid dienone is 4. The van der Waals surface area contributed by atoms with Crippen LogP contribution in [0.4, 0.5) is 0 Å². The number of hydrogen-bond acceptors (Lipinski definition) is 2. The van der Waals surface area contributed by atoms with Crippen molar-refractivity contribution in [3.63, 3.8) is 0 Å². The Morgan fingerprint density at radius 3 is 2.81 bits per heavy atom. The van der Waals surface area contributed by atoms with E-state index >= 15 is 0 Å². The second-order valence-electron chi connectivity index (χ2n) is 3.56. The standard InChI is InChI=1S/C13H13N3/c1-4-7-12(10(2)3)16-13-9-6-5-8-11(13)14-15-16/h4-9H,1-2H2,3H3/b12-7+. The molecule has 1 heterocycles. The van der Waals surface area contributed by atoms with Crippen LogP contribution < -0.4 is 0 Å². The molecule has 0 bridgehead atoms. The number of para-hydroxylation sites is 1. The first-order chi connectivity index (χ1) is 7.74. The van der Waals surface area contributed by atoms with Crippen LogP contribution in [0, 0.1) is 0 Å². The summed E-state index contributed by atoms with van der Waals surface area (Å²) in [5.41, 5.74) is 3.68. The van der Waals surface area contributed by atoms with E-state index in [0.29, 0.717) is 0 Å². The maximum Gasteiger partial charge on any atom is 0.113 e. The molecule has 2 rings (SSSR count). The molecule has 3 nitrogen and oxygen atoms in total. The summed E-state index contributed by atoms with van der Waals surface area (Å²) in [6, 6.07) is 7.82. The summed E-state index contributed by atoms with van der Waals surface area (Å²) in [6.07, 6.45) is 3.60. The highest BCUT2D eigenvalue weighted by Crippen LogP contribution is 2.19. The second-order valence-corrected chi connectivity index (χ2v) is 3.56. The van der Waals surface area contributed by atoms with Crippen molar-refractivity contribution in [2.24, 2.45) is 0 Å². The highest BCUT2D eigenvalue weighted by molar-refractivity contribution is 5.80. The quantitative estimate of drug-likeness (QED) is 0.730. The summed E-state index contributed by atoms with van der Waals surface area (Å²) >= 11 is 0. The van der Waals surface area contributed by atoms with Crippen molar-refractivity contribution in [3.05, 3.63) is 55.1 Å². The van der Waals surface area contributed by atoms with Crippen molar-refractivity contribution in [2.45, 2.75) is 6.92 Å². The Labute approximate surface area is 94.4 Å². The van der Waals surface area contributed by atoms with Gasteiger partial charge in [-0.15, -0.1) is 5.10 Å². The molecule has 80 valence electrons. The first kappa shape index (κ1) is 10.4. The molecule has 1 aromatic heterocycles. The maximum absolute atomic E-state index is 4.13. The van der Waals surface area contributed by atoms with Gasteiger partial charge in [0.1, 0.15) is 5.52 Å². The van der Waals surface area contributed by atoms with Crippen LogP contribution in [0.3, 0.4) is 0 Å². The molecule has 0 amide bonds. The van der Waals surface area contributed by atoms with Gasteiger partial charge in [-0.3, -0.25) is 0 Å². The minimum absolute atomic E-state index is 0.874. The highest BCUT2D eigenvalue weighted by Gasteiger charge is 2.07. The molecule has 0 spiro atoms. The largest absolute Gasteiger partial charge is 0.213 e. The molecule has 0 aliphatic carbocycles. The Hall–Kier alpha value is -2.16. The minimum Gasteiger partial charge on any atom is -0.213 e. The first-order valence-corrected chi connectivity index (χ1v) is 5.03. The van der Waals surface area contributed by atoms with Crippen molar-refractivity contribution in [1.29, 1.82) is 0 Å². The fraction of sp³-hybridized carbons (Fsp3) is 0.0769. The van der Waals surface area contributed by atoms with Crippen molar-refractivity contribution < 1.29 is 0 Å². The molecule has 0 unspecified atom stereocenters. The van der Waals surface area contributed by atoms with Gasteiger partial charge in [0.15, 0.2) is 0 Å². The van der Waals surface area contributed by atoms with Gasteiger partial charge in [0.25, 0.3) is 0 Å². The predicted molar refractivity (Wildman–Crippen MR) is 66.8 cm³/mol. The average Bonchev–Trinajstić information content (AvgIpc) is 2.69. The summed E-state index contributed by atoms with van der Waals surface area (Å²) in [7, 11) is 0. The van der Waals surface area contributed by atoms with E-state index < -0.39 is 0 Å². The van der Waals surface area contributed by atoms with Crippen LogP contribution in [0.2, 0.25) is 0 Å². The minimum atomic E-state index is 0.874. The van der Waals surface area contributed by atoms with E-state index in [4.69, 9.17) is 0 Å². The van der Waals surface area contributed by atoms with Crippen LogP contribution in [0.1, 0.15) is 6.92 Å². The fourth-order valence-electron chi connectivity index (χ4n) is 1.55. The van der Waals surface area contributed by atoms with E-state index in [0.717, 1.165) is 22.3 Å². The Balaban J connectivity index is 2.66. The molecule has 0 saturated carbocycles. The molecule has 2 aromatic rings. The Kier molecular flexibility index (Phi) is 2.68. The summed E-state index contributed by atoms with van der Waals surface area (Å²) in [5.74, 6) is 0. The SMILES string of the molecule is C=C/C=C(\C(=C)C)n1nnc2ccccc21. The van der Waals surface area contributed by atoms with Gasteiger partial charge >= 0.3 is 0 Å². The van der Waals surface area contributed by atoms with Gasteiger partial charge in [-0.05, 0) is 30.7 Å². The smallest absolute Gasteiger partial charge is 0.113 e. The molecule has 1 aromatic carbocycles. The summed E-state index contributed by atoms with van der Waals surface area (Å²) in [4.78, 5) is 0. The molecule has 3 heteroatoms. The maximum atomic E-state index is 4.13. The van der Waals surface area contributed by atoms with Gasteiger partial charge in [0.2, 0.25) is 0 Å². The summed E-state index contributed by atoms with van der Waals surface area (Å²) in [6.45, 7) is 9.56. The van der Waals surface area contributed by atoms with Gasteiger partial charge < -0.3 is 0 Å². The Morgan fingerprint density at radius 1 is 1.38 bits per heavy atom. The van der Waals surface area contributed by atoms with Crippen LogP contribution in [-0.2, 0) is 0 Å². The molecular formula is C13H13N3. The van der Waals surface area contributed by atoms with Crippen molar-refractivity contribution in [2.75, 3.05) is 0 Å². The summed E-state index contributed by atoms with van der Waals surface area (Å²) < 4.78 is 1.78. The third kappa shape index (κ3) is 1.67. The van der Waals surface area contributed by atoms with Gasteiger partial charge in [-0.1, -0.05) is 36.6 Å². The van der Waals surface area contributed by atoms with Gasteiger partial charge in [0.05, 0.1) is 11.2 Å². The number of hydrogen-bond donors (Lipinski definition) is 0. The normalized spacial score (nSPS) is 11.7. The van der Waals surface area contributed by atoms with E-state index in [1.807, 2.05) is 37.3 Å². The fourth-order valence-corrected chi connectivity index (χ4v) is 1.55. The lowest BCUT2D eigenvalue weighted by Gasteiger charge is -2.06. The van der Waals surface area contributed by atoms with Gasteiger partial charge in [-0.2, -0.15) is 0 Å². The number of nitrogens with zero attached hydrogens (tertiary/aromatic N) is 3. The van der Waals surface area contributed by atoms with E-state index in [2.05, 4.69) is 23.5 Å². The Morgan fingerprint density at radius 2 is 2.12 bits per heavy atom. The number of benzene rings is 1. The van der Waals surface area contributed by atoms with E-state index in [1.54, 1.807) is 10.8 Å². The third-order valence-electron chi connectivity index (χ3n) is 2.29. The lowest BCUT2D eigenvalue weighted by molar-refractivity contribution is 0.839. The van der Waals surface area contributed by atoms with E-state index in [9.17, 15) is 0 Å². The molecule has 0 fully saturated rings. The average molecular weight is 211 g/mol. The molecule has 0 aliphatic heterocycles. The van der Waals surface area contributed by atoms with Crippen LogP contribution >= 0.6 is 0 Å². The van der Waals surface area contributed by atoms with Crippen molar-refractivity contribution >= 4 is 16.7 Å². The lowest BCUT2D eigenvalue weighted by atomic mass is 10.2. The number of fused-ring (bicyclic) bond motifs is 1. The zero-order valence-electron chi connectivity index (χ0n) is 9.22. The Bertz CT molecular complexity index is 576. The molecule has 0 atom stereocenters. The highest BCUT2D eigenvalue weighted by atomic mass is 15.4. The number of aromatic nitrogens is 3. The van der Waals surface area contributed by atoms with Crippen LogP contribution in [0.25, 0.3) is 16.7 Å². The molecule has 16 heavy (non-hydrogen) atoms. The third-order valence-corrected chi connectivity index (χ3v) is 2.29. The van der Waals surface area contributed by atoms with Crippen LogP contribution in [0.5, 0.6) is 0 Å². The molecule has 0 N–H and O–H groups in total. The molecular weight excluding hydrogens is 198 g/mol. The van der Waals surface area contributed by atoms with Gasteiger partial charge in [0, 0.05) is 0 Å². The molecule has 0 aliphatic rings. The topological polar surface area (TPSA) is 30.7 Å². The molecule has 0 radical (unpaired) electrons. The second kappa shape index (κ2) is 4.14. The first-order valence-electron chi connectivity index (χ1n) is 5.03. The number of rotatable bonds is 3. The van der Waals surface area contributed by atoms with Crippen molar-refractivity contribution in [3.8, 4) is 0 Å². The van der Waals surface area contributed by atoms with E-state index in [1.165, 1.54) is 0 Å².